The van der Waals surface area contributed by atoms with E-state index in [-0.39, 0.29) is 140 Å². The fraction of sp³-hybridized carbons (Fsp3) is 0.620. The van der Waals surface area contributed by atoms with Gasteiger partial charge in [-0.05, 0) is 81.9 Å². The van der Waals surface area contributed by atoms with Crippen LogP contribution >= 0.6 is 0 Å². The molecular weight excluding hydrogens is 1740 g/mol. The van der Waals surface area contributed by atoms with Gasteiger partial charge in [0.05, 0.1) is 45.1 Å². The number of aromatic amines is 1. The van der Waals surface area contributed by atoms with E-state index in [9.17, 15) is 77.3 Å². The van der Waals surface area contributed by atoms with Crippen LogP contribution in [0.15, 0.2) is 77.6 Å². The maximum Gasteiger partial charge on any atom is 0.303 e. The first-order valence-corrected chi connectivity index (χ1v) is 46.8. The molecule has 2 fully saturated rings. The van der Waals surface area contributed by atoms with Gasteiger partial charge in [-0.3, -0.25) is 91.9 Å². The molecule has 0 saturated carbocycles. The number of unbranched alkanes of at least 4 members (excludes halogenated alkanes) is 12. The van der Waals surface area contributed by atoms with Gasteiger partial charge in [0.15, 0.2) is 11.7 Å². The van der Waals surface area contributed by atoms with Crippen molar-refractivity contribution in [2.24, 2.45) is 22.2 Å². The summed E-state index contributed by atoms with van der Waals surface area (Å²) in [6, 6.07) is -1.03. The van der Waals surface area contributed by atoms with Crippen molar-refractivity contribution >= 4 is 123 Å². The number of nitrogens with one attached hydrogen (secondary N) is 15. The van der Waals surface area contributed by atoms with Gasteiger partial charge in [-0.25, -0.2) is 0 Å². The predicted octanol–water partition coefficient (Wildman–Crippen LogP) is -0.105. The average molecular weight is 1880 g/mol. The highest BCUT2D eigenvalue weighted by Gasteiger charge is 2.44. The molecule has 24 N–H and O–H groups in total. The van der Waals surface area contributed by atoms with E-state index in [1.807, 2.05) is 18.2 Å². The molecule has 12 atom stereocenters. The van der Waals surface area contributed by atoms with Crippen molar-refractivity contribution in [3.05, 3.63) is 83.7 Å². The Kier molecular flexibility index (Phi) is 50.9. The number of ketones is 2. The second kappa shape index (κ2) is 61.6. The van der Waals surface area contributed by atoms with Crippen molar-refractivity contribution in [1.82, 2.24) is 79.0 Å². The molecule has 1 aromatic heterocycles. The minimum atomic E-state index is -1.75. The Morgan fingerprint density at radius 3 is 1.85 bits per heavy atom. The van der Waals surface area contributed by atoms with Crippen molar-refractivity contribution in [3.8, 4) is 0 Å². The molecule has 740 valence electrons. The van der Waals surface area contributed by atoms with Gasteiger partial charge in [0.1, 0.15) is 72.8 Å². The molecule has 4 heterocycles. The monoisotopic (exact) mass is 1880 g/mol. The van der Waals surface area contributed by atoms with E-state index >= 15 is 14.4 Å². The number of para-hydroxylation sites is 1. The molecule has 134 heavy (non-hydrogen) atoms. The summed E-state index contributed by atoms with van der Waals surface area (Å²) < 4.78 is 10.8. The highest BCUT2D eigenvalue weighted by atomic mass is 16.5. The number of nitrogens with two attached hydrogens (primary N) is 3. The van der Waals surface area contributed by atoms with Gasteiger partial charge >= 0.3 is 5.97 Å². The molecule has 0 spiro atoms. The fourth-order valence-corrected chi connectivity index (χ4v) is 15.6. The van der Waals surface area contributed by atoms with Crippen LogP contribution in [0.2, 0.25) is 0 Å². The lowest BCUT2D eigenvalue weighted by atomic mass is 9.99. The number of H-pyrrole nitrogens is 1. The molecule has 2 aromatic carbocycles. The summed E-state index contributed by atoms with van der Waals surface area (Å²) in [5.74, 6) is -14.2. The number of ether oxygens (including phenoxy) is 2. The number of carboxylic acid groups (broad SMARTS) is 1. The van der Waals surface area contributed by atoms with Crippen LogP contribution in [0.1, 0.15) is 224 Å². The molecule has 3 aromatic rings. The van der Waals surface area contributed by atoms with E-state index in [0.717, 1.165) is 80.0 Å². The van der Waals surface area contributed by atoms with E-state index in [2.05, 4.69) is 79.1 Å². The molecule has 42 heteroatoms. The third-order valence-corrected chi connectivity index (χ3v) is 23.1. The molecule has 2 saturated heterocycles. The fourth-order valence-electron chi connectivity index (χ4n) is 15.6. The van der Waals surface area contributed by atoms with Gasteiger partial charge in [-0.2, -0.15) is 0 Å². The first-order chi connectivity index (χ1) is 64.4. The predicted molar refractivity (Wildman–Crippen MR) is 495 cm³/mol. The standard InChI is InChI=1S/C92H140N20O22/c1-3-4-32-67(105-88(129)74(52-93)111-87(128)73(50-61-29-25-42-97-61)109-84(125)69(40-41-77(94)117)106-89(130)75(56-113)102-79(119)54-101-80(120)57-134-47-46-133-45-44-98-78(118)36-21-13-11-9-7-5-6-8-10-12-14-22-37-81(121)122)82(123)107-70-39-38-62(115)30-19-16-20-33-65(58(2)114)103-86(127)72(49-60-53-100-66-34-24-23-31-64(60)66)108-83(124)68(35-26-43-99-92(95)96)104-85(126)71(48-59-27-17-15-18-28-59)110-90(131)76-51-63(116)55-112(76)91(70)132/h15,17-18,23-24,27-29,31,34,42,53,63,65,67-76,100,113,116H,3-14,16,19-22,25-26,30,32-33,35-41,43-52,54-57,93H2,1-2H3,(H2,94,117)(H,98,118)(H,101,120)(H,102,119)(H,103,127)(H,104,126)(H,105,129)(H,106,130)(H,107,123)(H,108,124)(H,109,125)(H,110,131)(H,111,128)(H,121,122)(H4,95,96,99)/t63-,65+,67+,68+,69+,70+,71-,72+,73+,74+,75+,76+/m1/s1. The summed E-state index contributed by atoms with van der Waals surface area (Å²) in [6.07, 6.45) is 15.8. The molecule has 0 aliphatic carbocycles. The zero-order valence-corrected chi connectivity index (χ0v) is 77.0. The number of aliphatic imine (C=N–C) groups is 1. The Hall–Kier alpha value is -12.2. The number of hydrogen-bond acceptors (Lipinski definition) is 24. The van der Waals surface area contributed by atoms with Crippen LogP contribution < -0.4 is 86.3 Å². The zero-order chi connectivity index (χ0) is 97.7. The number of aliphatic hydroxyl groups is 2. The second-order valence-corrected chi connectivity index (χ2v) is 34.0. The minimum Gasteiger partial charge on any atom is -0.481 e. The van der Waals surface area contributed by atoms with Gasteiger partial charge in [-0.15, -0.1) is 0 Å². The Morgan fingerprint density at radius 1 is 0.590 bits per heavy atom. The number of primary amides is 1. The molecule has 3 aliphatic heterocycles. The normalized spacial score (nSPS) is 19.3. The number of aromatic nitrogens is 1. The van der Waals surface area contributed by atoms with Crippen molar-refractivity contribution in [1.29, 1.82) is 5.41 Å². The van der Waals surface area contributed by atoms with E-state index < -0.39 is 207 Å². The molecule has 42 nitrogen and oxygen atoms in total. The van der Waals surface area contributed by atoms with Gasteiger partial charge in [0.2, 0.25) is 82.7 Å². The van der Waals surface area contributed by atoms with Crippen LogP contribution in [0, 0.1) is 5.41 Å². The molecule has 14 amide bonds. The third kappa shape index (κ3) is 42.0. The first kappa shape index (κ1) is 111. The number of carbonyl (C=O) groups excluding carboxylic acids is 16. The lowest BCUT2D eigenvalue weighted by Gasteiger charge is -2.31. The summed E-state index contributed by atoms with van der Waals surface area (Å²) in [5.41, 5.74) is 19.5. The highest BCUT2D eigenvalue weighted by Crippen LogP contribution is 2.25. The van der Waals surface area contributed by atoms with Crippen LogP contribution in [0.3, 0.4) is 0 Å². The van der Waals surface area contributed by atoms with E-state index in [0.29, 0.717) is 48.9 Å². The summed E-state index contributed by atoms with van der Waals surface area (Å²) in [7, 11) is 0. The Morgan fingerprint density at radius 2 is 1.19 bits per heavy atom. The van der Waals surface area contributed by atoms with E-state index in [4.69, 9.17) is 37.2 Å². The van der Waals surface area contributed by atoms with Gasteiger partial charge in [-0.1, -0.05) is 151 Å². The number of carbonyl (C=O) groups is 17. The Bertz CT molecular complexity index is 4430. The lowest BCUT2D eigenvalue weighted by Crippen LogP contribution is -2.61. The summed E-state index contributed by atoms with van der Waals surface area (Å²) in [5, 5.41) is 72.8. The topological polar surface area (TPSA) is 659 Å². The SMILES string of the molecule is CCCC[C@H](NC(=O)[C@H](CN)NC(=O)[C@H](CC1=CCC=N1)NC(=O)[C@H](CCC(N)=O)NC(=O)[C@H](CO)NC(=O)CNC(=O)COCCOCCNC(=O)CCCCCCCCCCCCCCC(=O)O)C(=O)N[C@H]1CCC(=O)CCCCC[C@@H](C(C)=O)NC(=O)[C@H](Cc2c[nH]c3ccccc23)NC(=O)[C@H](CCCNC(=N)N)NC(=O)[C@@H](Cc2ccccc2)NC(=O)[C@@H]2C[C@@H](O)CN2C1=O. The van der Waals surface area contributed by atoms with Gasteiger partial charge in [0, 0.05) is 119 Å². The number of aliphatic hydroxyl groups excluding tert-OH is 2. The number of Topliss-reactive ketones (excluding diaryl/α,β-unsaturated/α-hetero) is 2. The number of rotatable bonds is 55. The second-order valence-electron chi connectivity index (χ2n) is 34.0. The number of aliphatic carboxylic acids is 1. The van der Waals surface area contributed by atoms with E-state index in [1.54, 1.807) is 55.6 Å². The number of carboxylic acids is 1. The van der Waals surface area contributed by atoms with Crippen LogP contribution in [-0.2, 0) is 104 Å². The molecular formula is C92H140N20O22. The largest absolute Gasteiger partial charge is 0.481 e. The number of benzene rings is 2. The lowest BCUT2D eigenvalue weighted by molar-refractivity contribution is -0.143. The minimum absolute atomic E-state index is 0.0157. The van der Waals surface area contributed by atoms with Crippen LogP contribution in [-0.4, -0.2) is 276 Å². The number of allylic oxidation sites excluding steroid dienone is 1. The van der Waals surface area contributed by atoms with Crippen LogP contribution in [0.5, 0.6) is 0 Å². The van der Waals surface area contributed by atoms with Crippen molar-refractivity contribution in [3.63, 3.8) is 0 Å². The first-order valence-electron chi connectivity index (χ1n) is 46.8. The smallest absolute Gasteiger partial charge is 0.303 e. The molecule has 3 aliphatic rings. The quantitative estimate of drug-likeness (QED) is 0.0199. The van der Waals surface area contributed by atoms with Crippen molar-refractivity contribution < 1.29 is 106 Å². The van der Waals surface area contributed by atoms with Crippen LogP contribution in [0.25, 0.3) is 10.9 Å². The number of hydrogen-bond donors (Lipinski definition) is 21. The third-order valence-electron chi connectivity index (χ3n) is 23.1. The Labute approximate surface area is 780 Å². The molecule has 0 bridgehead atoms. The summed E-state index contributed by atoms with van der Waals surface area (Å²) in [4.78, 5) is 244. The zero-order valence-electron chi connectivity index (χ0n) is 77.0. The molecule has 0 unspecified atom stereocenters. The van der Waals surface area contributed by atoms with E-state index in [1.165, 1.54) is 26.0 Å². The number of nitrogens with zero attached hydrogens (tertiary/aromatic N) is 2. The summed E-state index contributed by atoms with van der Waals surface area (Å²) in [6.45, 7) is 0.345. The maximum absolute atomic E-state index is 15.4. The average Bonchev–Trinajstić information content (AvgIpc) is 1.65. The number of amides is 14. The van der Waals surface area contributed by atoms with Crippen molar-refractivity contribution in [2.75, 3.05) is 65.8 Å². The van der Waals surface area contributed by atoms with Crippen molar-refractivity contribution in [2.45, 2.75) is 298 Å². The number of fused-ring (bicyclic) bond motifs is 2. The summed E-state index contributed by atoms with van der Waals surface area (Å²) >= 11 is 0. The maximum atomic E-state index is 15.4. The Balaban J connectivity index is 1.10. The number of guanidine groups is 1. The van der Waals surface area contributed by atoms with Crippen LogP contribution in [0.4, 0.5) is 0 Å². The highest BCUT2D eigenvalue weighted by molar-refractivity contribution is 6.01. The van der Waals surface area contributed by atoms with Gasteiger partial charge in [0.25, 0.3) is 0 Å². The molecule has 0 radical (unpaired) electrons. The molecule has 6 rings (SSSR count). The van der Waals surface area contributed by atoms with Gasteiger partial charge < -0.3 is 121 Å².